The lowest BCUT2D eigenvalue weighted by molar-refractivity contribution is -0.116. The second-order valence-electron chi connectivity index (χ2n) is 6.79. The molecule has 31 heavy (non-hydrogen) atoms. The first-order chi connectivity index (χ1) is 14.8. The maximum absolute atomic E-state index is 12.4. The van der Waals surface area contributed by atoms with Gasteiger partial charge in [-0.05, 0) is 55.0 Å². The topological polar surface area (TPSA) is 91.6 Å². The van der Waals surface area contributed by atoms with Crippen molar-refractivity contribution in [2.24, 2.45) is 0 Å². The molecule has 3 N–H and O–H groups in total. The fourth-order valence-corrected chi connectivity index (χ4v) is 4.34. The minimum absolute atomic E-state index is 0.00794. The van der Waals surface area contributed by atoms with Crippen LogP contribution in [-0.2, 0) is 4.79 Å². The molecular weight excluding hydrogens is 459 g/mol. The molecule has 0 saturated carbocycles. The van der Waals surface area contributed by atoms with E-state index in [4.69, 9.17) is 27.6 Å². The van der Waals surface area contributed by atoms with Crippen molar-refractivity contribution in [3.8, 4) is 11.3 Å². The highest BCUT2D eigenvalue weighted by molar-refractivity contribution is 8.05. The van der Waals surface area contributed by atoms with Crippen LogP contribution in [0.4, 0.5) is 5.69 Å². The Balaban J connectivity index is 1.52. The lowest BCUT2D eigenvalue weighted by Crippen LogP contribution is -2.31. The van der Waals surface area contributed by atoms with Gasteiger partial charge >= 0.3 is 5.97 Å². The zero-order valence-corrected chi connectivity index (χ0v) is 18.4. The molecule has 1 unspecified atom stereocenters. The van der Waals surface area contributed by atoms with Gasteiger partial charge in [0.2, 0.25) is 0 Å². The number of carboxylic acid groups (broad SMARTS) is 1. The standard InChI is InChI=1S/C22H16Cl2N2O4S/c1-11-2-4-13(23)9-17(11)25-22-26-20(27)19(31-22)10-14-5-7-18(30-14)12-3-6-16(24)15(8-12)21(28)29/h2-10,22,25H,1H3,(H,26,27)(H,28,29)/b19-10-. The number of thioether (sulfide) groups is 1. The molecule has 9 heteroatoms. The number of carbonyl (C=O) groups is 2. The summed E-state index contributed by atoms with van der Waals surface area (Å²) in [7, 11) is 0. The molecule has 1 atom stereocenters. The molecule has 0 radical (unpaired) electrons. The van der Waals surface area contributed by atoms with Crippen molar-refractivity contribution >= 4 is 58.6 Å². The van der Waals surface area contributed by atoms with Crippen LogP contribution in [0.15, 0.2) is 57.9 Å². The van der Waals surface area contributed by atoms with Crippen LogP contribution in [0.5, 0.6) is 0 Å². The molecule has 0 bridgehead atoms. The van der Waals surface area contributed by atoms with Crippen LogP contribution in [-0.4, -0.2) is 22.5 Å². The third-order valence-corrected chi connectivity index (χ3v) is 6.19. The number of nitrogens with one attached hydrogen (secondary N) is 2. The van der Waals surface area contributed by atoms with Gasteiger partial charge in [0.15, 0.2) is 5.50 Å². The van der Waals surface area contributed by atoms with E-state index in [2.05, 4.69) is 10.6 Å². The van der Waals surface area contributed by atoms with Crippen LogP contribution in [0.2, 0.25) is 10.0 Å². The van der Waals surface area contributed by atoms with E-state index in [0.29, 0.717) is 27.0 Å². The van der Waals surface area contributed by atoms with Gasteiger partial charge < -0.3 is 20.2 Å². The number of rotatable bonds is 5. The Kier molecular flexibility index (Phi) is 6.00. The number of anilines is 1. The van der Waals surface area contributed by atoms with E-state index in [1.807, 2.05) is 25.1 Å². The Morgan fingerprint density at radius 1 is 1.19 bits per heavy atom. The Bertz CT molecular complexity index is 1220. The zero-order valence-electron chi connectivity index (χ0n) is 16.1. The number of hydrogen-bond acceptors (Lipinski definition) is 5. The number of halogens is 2. The van der Waals surface area contributed by atoms with Crippen molar-refractivity contribution in [1.82, 2.24) is 5.32 Å². The van der Waals surface area contributed by atoms with E-state index in [0.717, 1.165) is 11.3 Å². The number of aromatic carboxylic acids is 1. The normalized spacial score (nSPS) is 17.1. The lowest BCUT2D eigenvalue weighted by atomic mass is 10.1. The van der Waals surface area contributed by atoms with Crippen LogP contribution >= 0.6 is 35.0 Å². The molecule has 2 aromatic carbocycles. The lowest BCUT2D eigenvalue weighted by Gasteiger charge is -2.15. The average molecular weight is 475 g/mol. The van der Waals surface area contributed by atoms with Crippen molar-refractivity contribution in [2.75, 3.05) is 5.32 Å². The molecule has 6 nitrogen and oxygen atoms in total. The molecule has 1 fully saturated rings. The molecule has 0 aliphatic carbocycles. The molecule has 158 valence electrons. The second-order valence-corrected chi connectivity index (χ2v) is 8.78. The summed E-state index contributed by atoms with van der Waals surface area (Å²) in [4.78, 5) is 24.2. The Labute approximate surface area is 192 Å². The number of benzene rings is 2. The van der Waals surface area contributed by atoms with Gasteiger partial charge in [0.05, 0.1) is 15.5 Å². The first kappa shape index (κ1) is 21.4. The fourth-order valence-electron chi connectivity index (χ4n) is 3.01. The number of carboxylic acids is 1. The summed E-state index contributed by atoms with van der Waals surface area (Å²) in [5.74, 6) is -0.397. The van der Waals surface area contributed by atoms with E-state index >= 15 is 0 Å². The van der Waals surface area contributed by atoms with Crippen LogP contribution in [0, 0.1) is 6.92 Å². The molecule has 1 amide bonds. The van der Waals surface area contributed by atoms with E-state index in [1.165, 1.54) is 23.9 Å². The van der Waals surface area contributed by atoms with Crippen molar-refractivity contribution in [3.05, 3.63) is 80.4 Å². The third-order valence-electron chi connectivity index (χ3n) is 4.60. The maximum Gasteiger partial charge on any atom is 0.337 e. The maximum atomic E-state index is 12.4. The predicted molar refractivity (Wildman–Crippen MR) is 123 cm³/mol. The summed E-state index contributed by atoms with van der Waals surface area (Å²) < 4.78 is 5.80. The summed E-state index contributed by atoms with van der Waals surface area (Å²) in [6.45, 7) is 1.95. The van der Waals surface area contributed by atoms with Gasteiger partial charge in [0.25, 0.3) is 5.91 Å². The number of furan rings is 1. The Hall–Kier alpha value is -2.87. The van der Waals surface area contributed by atoms with E-state index in [-0.39, 0.29) is 22.0 Å². The van der Waals surface area contributed by atoms with Crippen molar-refractivity contribution < 1.29 is 19.1 Å². The number of amides is 1. The molecule has 2 heterocycles. The van der Waals surface area contributed by atoms with Gasteiger partial charge in [-0.25, -0.2) is 4.79 Å². The molecule has 0 spiro atoms. The van der Waals surface area contributed by atoms with Crippen molar-refractivity contribution in [3.63, 3.8) is 0 Å². The van der Waals surface area contributed by atoms with Crippen molar-refractivity contribution in [1.29, 1.82) is 0 Å². The highest BCUT2D eigenvalue weighted by Crippen LogP contribution is 2.33. The zero-order chi connectivity index (χ0) is 22.1. The third kappa shape index (κ3) is 4.74. The van der Waals surface area contributed by atoms with E-state index < -0.39 is 5.97 Å². The van der Waals surface area contributed by atoms with Gasteiger partial charge in [-0.3, -0.25) is 4.79 Å². The Morgan fingerprint density at radius 3 is 2.77 bits per heavy atom. The van der Waals surface area contributed by atoms with Gasteiger partial charge in [0, 0.05) is 22.3 Å². The van der Waals surface area contributed by atoms with Gasteiger partial charge in [0.1, 0.15) is 11.5 Å². The quantitative estimate of drug-likeness (QED) is 0.401. The molecule has 1 aliphatic heterocycles. The summed E-state index contributed by atoms with van der Waals surface area (Å²) in [6, 6.07) is 13.6. The van der Waals surface area contributed by atoms with Gasteiger partial charge in [-0.2, -0.15) is 0 Å². The SMILES string of the molecule is Cc1ccc(Cl)cc1NC1NC(=O)/C(=C/c2ccc(-c3ccc(Cl)c(C(=O)O)c3)o2)S1. The summed E-state index contributed by atoms with van der Waals surface area (Å²) >= 11 is 13.3. The molecule has 4 rings (SSSR count). The number of hydrogen-bond donors (Lipinski definition) is 3. The fraction of sp³-hybridized carbons (Fsp3) is 0.0909. The Morgan fingerprint density at radius 2 is 2.00 bits per heavy atom. The first-order valence-electron chi connectivity index (χ1n) is 9.15. The highest BCUT2D eigenvalue weighted by atomic mass is 35.5. The molecule has 1 aromatic heterocycles. The molecule has 1 aliphatic rings. The molecular formula is C22H16Cl2N2O4S. The predicted octanol–water partition coefficient (Wildman–Crippen LogP) is 5.86. The van der Waals surface area contributed by atoms with Crippen molar-refractivity contribution in [2.45, 2.75) is 12.4 Å². The van der Waals surface area contributed by atoms with E-state index in [1.54, 1.807) is 24.3 Å². The van der Waals surface area contributed by atoms with Crippen LogP contribution in [0.25, 0.3) is 17.4 Å². The summed E-state index contributed by atoms with van der Waals surface area (Å²) in [6.07, 6.45) is 1.64. The van der Waals surface area contributed by atoms with Gasteiger partial charge in [-0.15, -0.1) is 0 Å². The number of aryl methyl sites for hydroxylation is 1. The molecule has 3 aromatic rings. The smallest absolute Gasteiger partial charge is 0.337 e. The molecule has 1 saturated heterocycles. The highest BCUT2D eigenvalue weighted by Gasteiger charge is 2.28. The van der Waals surface area contributed by atoms with Crippen LogP contribution in [0.3, 0.4) is 0 Å². The van der Waals surface area contributed by atoms with Crippen LogP contribution in [0.1, 0.15) is 21.7 Å². The summed E-state index contributed by atoms with van der Waals surface area (Å²) in [5, 5.41) is 16.1. The number of carbonyl (C=O) groups excluding carboxylic acids is 1. The average Bonchev–Trinajstić information content (AvgIpc) is 3.32. The van der Waals surface area contributed by atoms with E-state index in [9.17, 15) is 14.7 Å². The second kappa shape index (κ2) is 8.70. The monoisotopic (exact) mass is 474 g/mol. The van der Waals surface area contributed by atoms with Gasteiger partial charge in [-0.1, -0.05) is 41.0 Å². The minimum atomic E-state index is -1.12. The minimum Gasteiger partial charge on any atom is -0.478 e. The summed E-state index contributed by atoms with van der Waals surface area (Å²) in [5.41, 5.74) is 2.07. The largest absolute Gasteiger partial charge is 0.478 e. The van der Waals surface area contributed by atoms with Crippen LogP contribution < -0.4 is 10.6 Å². The first-order valence-corrected chi connectivity index (χ1v) is 10.8.